The molecule has 2 N–H and O–H groups in total. The molecule has 3 aliphatic rings. The van der Waals surface area contributed by atoms with E-state index in [1.54, 1.807) is 17.1 Å². The summed E-state index contributed by atoms with van der Waals surface area (Å²) < 4.78 is 12.3. The number of allylic oxidation sites excluding steroid dienone is 1. The minimum absolute atomic E-state index is 0.104. The van der Waals surface area contributed by atoms with E-state index in [9.17, 15) is 24.3 Å². The summed E-state index contributed by atoms with van der Waals surface area (Å²) in [7, 11) is 0. The second kappa shape index (κ2) is 15.4. The molecule has 262 valence electrons. The molecule has 1 unspecified atom stereocenters. The molecule has 5 rings (SSSR count). The molecule has 3 heterocycles. The Labute approximate surface area is 296 Å². The van der Waals surface area contributed by atoms with Crippen LogP contribution in [0.5, 0.6) is 0 Å². The molecule has 2 aromatic rings. The molecule has 0 radical (unpaired) electrons. The minimum Gasteiger partial charge on any atom is -0.463 e. The first-order chi connectivity index (χ1) is 23.5. The maximum absolute atomic E-state index is 15.0. The van der Waals surface area contributed by atoms with E-state index in [4.69, 9.17) is 9.47 Å². The van der Waals surface area contributed by atoms with Crippen LogP contribution in [0.2, 0.25) is 0 Å². The first-order valence-electron chi connectivity index (χ1n) is 16.9. The van der Waals surface area contributed by atoms with Crippen molar-refractivity contribution in [2.24, 2.45) is 11.8 Å². The number of nitrogens with one attached hydrogen (secondary N) is 1. The van der Waals surface area contributed by atoms with E-state index in [0.717, 1.165) is 22.4 Å². The third kappa shape index (κ3) is 6.72. The quantitative estimate of drug-likeness (QED) is 0.154. The summed E-state index contributed by atoms with van der Waals surface area (Å²) >= 11 is 3.74. The predicted molar refractivity (Wildman–Crippen MR) is 190 cm³/mol. The zero-order chi connectivity index (χ0) is 35.5. The minimum atomic E-state index is -1.33. The van der Waals surface area contributed by atoms with Gasteiger partial charge in [-0.15, -0.1) is 13.2 Å². The van der Waals surface area contributed by atoms with Gasteiger partial charge in [-0.05, 0) is 49.8 Å². The number of anilines is 1. The number of carbonyl (C=O) groups excluding carboxylic acids is 4. The van der Waals surface area contributed by atoms with Crippen molar-refractivity contribution in [2.75, 3.05) is 24.7 Å². The zero-order valence-corrected chi connectivity index (χ0v) is 29.9. The lowest BCUT2D eigenvalue weighted by molar-refractivity contribution is -0.146. The van der Waals surface area contributed by atoms with Crippen LogP contribution in [0.4, 0.5) is 5.69 Å². The Morgan fingerprint density at radius 1 is 1.14 bits per heavy atom. The lowest BCUT2D eigenvalue weighted by atomic mass is 9.70. The highest BCUT2D eigenvalue weighted by Crippen LogP contribution is 2.60. The number of aryl methyl sites for hydroxylation is 2. The van der Waals surface area contributed by atoms with Crippen LogP contribution in [0, 0.1) is 25.7 Å². The van der Waals surface area contributed by atoms with Crippen LogP contribution in [0.15, 0.2) is 73.8 Å². The third-order valence-electron chi connectivity index (χ3n) is 10.1. The molecule has 2 aromatic carbocycles. The Balaban J connectivity index is 1.53. The smallest absolute Gasteiger partial charge is 0.306 e. The molecule has 0 aromatic heterocycles. The van der Waals surface area contributed by atoms with Crippen molar-refractivity contribution in [3.8, 4) is 0 Å². The van der Waals surface area contributed by atoms with Crippen molar-refractivity contribution in [1.82, 2.24) is 10.2 Å². The van der Waals surface area contributed by atoms with Gasteiger partial charge in [0.15, 0.2) is 0 Å². The average molecular weight is 737 g/mol. The van der Waals surface area contributed by atoms with Gasteiger partial charge in [-0.25, -0.2) is 0 Å². The molecule has 3 saturated heterocycles. The Morgan fingerprint density at radius 2 is 1.84 bits per heavy atom. The maximum Gasteiger partial charge on any atom is 0.306 e. The van der Waals surface area contributed by atoms with Gasteiger partial charge >= 0.3 is 5.97 Å². The molecule has 0 aliphatic carbocycles. The van der Waals surface area contributed by atoms with Crippen molar-refractivity contribution in [3.05, 3.63) is 90.5 Å². The Kier molecular flexibility index (Phi) is 11.5. The molecule has 49 heavy (non-hydrogen) atoms. The first-order valence-corrected chi connectivity index (χ1v) is 17.8. The Morgan fingerprint density at radius 3 is 2.45 bits per heavy atom. The van der Waals surface area contributed by atoms with Gasteiger partial charge in [0.25, 0.3) is 5.91 Å². The van der Waals surface area contributed by atoms with Gasteiger partial charge < -0.3 is 29.7 Å². The fourth-order valence-electron chi connectivity index (χ4n) is 7.90. The molecule has 3 fully saturated rings. The van der Waals surface area contributed by atoms with Crippen molar-refractivity contribution in [2.45, 2.75) is 81.1 Å². The monoisotopic (exact) mass is 735 g/mol. The summed E-state index contributed by atoms with van der Waals surface area (Å²) in [5.41, 5.74) is 1.90. The average Bonchev–Trinajstić information content (AvgIpc) is 3.69. The molecule has 10 nitrogen and oxygen atoms in total. The zero-order valence-electron chi connectivity index (χ0n) is 28.3. The predicted octanol–water partition coefficient (Wildman–Crippen LogP) is 4.71. The second-order valence-electron chi connectivity index (χ2n) is 13.1. The van der Waals surface area contributed by atoms with E-state index >= 15 is 0 Å². The largest absolute Gasteiger partial charge is 0.463 e. The van der Waals surface area contributed by atoms with Crippen LogP contribution < -0.4 is 10.2 Å². The van der Waals surface area contributed by atoms with Gasteiger partial charge in [0, 0.05) is 23.5 Å². The normalized spacial score (nSPS) is 26.5. The third-order valence-corrected chi connectivity index (χ3v) is 11.0. The number of nitrogens with zero attached hydrogens (tertiary/aromatic N) is 2. The van der Waals surface area contributed by atoms with Gasteiger partial charge in [-0.1, -0.05) is 83.5 Å². The number of halogens is 1. The number of alkyl halides is 1. The van der Waals surface area contributed by atoms with Gasteiger partial charge in [0.2, 0.25) is 11.8 Å². The number of carbonyl (C=O) groups is 4. The Hall–Kier alpha value is -3.80. The standard InChI is InChI=1S/C38H46BrN3O7/c1-6-9-18-29(44)48-22-28(25-16-11-10-12-17-25)40-35(45)30-31-36(46)42(26(8-3)21-43)34(38(31)20-27(39)33(30)49-38)37(47)41(19-7-2)32-23(4)14-13-15-24(32)5/h6-7,10-17,26-28,30-31,33-34,43H,1-2,8-9,18-22H2,3-5H3,(H,40,45)/t26-,27?,28+,30+,31-,33+,34+,38-/m0/s1. The topological polar surface area (TPSA) is 125 Å². The molecular formula is C38H46BrN3O7. The number of benzene rings is 2. The molecule has 2 bridgehead atoms. The van der Waals surface area contributed by atoms with Crippen molar-refractivity contribution < 1.29 is 33.8 Å². The highest BCUT2D eigenvalue weighted by molar-refractivity contribution is 9.09. The van der Waals surface area contributed by atoms with E-state index in [2.05, 4.69) is 34.4 Å². The SMILES string of the molecule is C=CCCC(=O)OC[C@@H](NC(=O)[C@H]1[C@@H]2O[C@@]3(CC2Br)[C@@H]1C(=O)N([C@@H](CC)CO)[C@@H]3C(=O)N(CC=C)c1c(C)cccc1C)c1ccccc1. The first kappa shape index (κ1) is 36.5. The molecular weight excluding hydrogens is 690 g/mol. The van der Waals surface area contributed by atoms with E-state index in [1.165, 1.54) is 4.90 Å². The van der Waals surface area contributed by atoms with Crippen LogP contribution in [0.1, 0.15) is 55.3 Å². The summed E-state index contributed by atoms with van der Waals surface area (Å²) in [6, 6.07) is 12.5. The number of para-hydroxylation sites is 1. The lowest BCUT2D eigenvalue weighted by Crippen LogP contribution is -2.59. The molecule has 11 heteroatoms. The van der Waals surface area contributed by atoms with Gasteiger partial charge in [-0.3, -0.25) is 19.2 Å². The number of likely N-dealkylation sites (tertiary alicyclic amines) is 1. The summed E-state index contributed by atoms with van der Waals surface area (Å²) in [5, 5.41) is 13.6. The van der Waals surface area contributed by atoms with Crippen LogP contribution in [0.3, 0.4) is 0 Å². The number of esters is 1. The number of rotatable bonds is 15. The summed E-state index contributed by atoms with van der Waals surface area (Å²) in [4.78, 5) is 59.3. The van der Waals surface area contributed by atoms with Crippen molar-refractivity contribution >= 4 is 45.3 Å². The number of aliphatic hydroxyl groups excluding tert-OH is 1. The molecule has 3 amide bonds. The number of aliphatic hydroxyl groups is 1. The number of fused-ring (bicyclic) bond motifs is 1. The van der Waals surface area contributed by atoms with Gasteiger partial charge in [-0.2, -0.15) is 0 Å². The van der Waals surface area contributed by atoms with E-state index in [-0.39, 0.29) is 36.9 Å². The highest BCUT2D eigenvalue weighted by Gasteiger charge is 2.77. The van der Waals surface area contributed by atoms with Crippen molar-refractivity contribution in [1.29, 1.82) is 0 Å². The van der Waals surface area contributed by atoms with Crippen molar-refractivity contribution in [3.63, 3.8) is 0 Å². The molecule has 0 saturated carbocycles. The van der Waals surface area contributed by atoms with Crippen LogP contribution >= 0.6 is 15.9 Å². The second-order valence-corrected chi connectivity index (χ2v) is 14.3. The highest BCUT2D eigenvalue weighted by atomic mass is 79.9. The summed E-state index contributed by atoms with van der Waals surface area (Å²) in [6.45, 7) is 13.0. The summed E-state index contributed by atoms with van der Waals surface area (Å²) in [5.74, 6) is -3.52. The number of hydrogen-bond acceptors (Lipinski definition) is 7. The Bertz CT molecular complexity index is 1560. The lowest BCUT2D eigenvalue weighted by Gasteiger charge is -2.39. The van der Waals surface area contributed by atoms with Crippen LogP contribution in [0.25, 0.3) is 0 Å². The number of ether oxygens (including phenoxy) is 2. The van der Waals surface area contributed by atoms with Crippen LogP contribution in [-0.2, 0) is 28.7 Å². The molecule has 8 atom stereocenters. The molecule has 1 spiro atoms. The van der Waals surface area contributed by atoms with Crippen LogP contribution in [-0.4, -0.2) is 82.1 Å². The van der Waals surface area contributed by atoms with E-state index < -0.39 is 59.5 Å². The van der Waals surface area contributed by atoms with E-state index in [0.29, 0.717) is 19.3 Å². The summed E-state index contributed by atoms with van der Waals surface area (Å²) in [6.07, 6.45) is 3.94. The molecule has 3 aliphatic heterocycles. The maximum atomic E-state index is 15.0. The van der Waals surface area contributed by atoms with E-state index in [1.807, 2.05) is 69.3 Å². The fraction of sp³-hybridized carbons (Fsp3) is 0.474. The number of hydrogen-bond donors (Lipinski definition) is 2. The van der Waals surface area contributed by atoms with Gasteiger partial charge in [0.1, 0.15) is 18.2 Å². The fourth-order valence-corrected chi connectivity index (χ4v) is 8.84. The number of amides is 3. The van der Waals surface area contributed by atoms with Gasteiger partial charge in [0.05, 0.1) is 36.6 Å².